The number of hydrogen-bond donors (Lipinski definition) is 2. The van der Waals surface area contributed by atoms with Crippen LogP contribution in [0.3, 0.4) is 0 Å². The minimum atomic E-state index is -0.299. The van der Waals surface area contributed by atoms with Crippen LogP contribution in [-0.4, -0.2) is 16.3 Å². The SMILES string of the molecule is CCCC1CC=C(O)CC1[C@@H]1CC=CC(C(C)(C)[C@H](C)O)C1. The third-order valence-electron chi connectivity index (χ3n) is 6.37. The molecule has 2 aliphatic carbocycles. The van der Waals surface area contributed by atoms with E-state index in [4.69, 9.17) is 0 Å². The van der Waals surface area contributed by atoms with E-state index in [-0.39, 0.29) is 11.5 Å². The highest BCUT2D eigenvalue weighted by molar-refractivity contribution is 5.08. The van der Waals surface area contributed by atoms with Crippen LogP contribution in [0.1, 0.15) is 66.2 Å². The van der Waals surface area contributed by atoms with E-state index in [0.717, 1.165) is 25.7 Å². The molecule has 0 saturated carbocycles. The number of aliphatic hydroxyl groups is 2. The van der Waals surface area contributed by atoms with E-state index in [2.05, 4.69) is 32.9 Å². The summed E-state index contributed by atoms with van der Waals surface area (Å²) in [7, 11) is 0. The predicted molar refractivity (Wildman–Crippen MR) is 92.6 cm³/mol. The van der Waals surface area contributed by atoms with Crippen molar-refractivity contribution in [2.24, 2.45) is 29.1 Å². The second-order valence-electron chi connectivity index (χ2n) is 8.11. The molecule has 2 aliphatic rings. The molecule has 3 unspecified atom stereocenters. The monoisotopic (exact) mass is 306 g/mol. The van der Waals surface area contributed by atoms with Gasteiger partial charge in [-0.2, -0.15) is 0 Å². The Bertz CT molecular complexity index is 419. The van der Waals surface area contributed by atoms with Gasteiger partial charge >= 0.3 is 0 Å². The van der Waals surface area contributed by atoms with Crippen molar-refractivity contribution in [1.29, 1.82) is 0 Å². The topological polar surface area (TPSA) is 40.5 Å². The molecular weight excluding hydrogens is 272 g/mol. The highest BCUT2D eigenvalue weighted by atomic mass is 16.3. The van der Waals surface area contributed by atoms with E-state index in [1.165, 1.54) is 12.8 Å². The van der Waals surface area contributed by atoms with Gasteiger partial charge in [0.1, 0.15) is 0 Å². The molecule has 2 heteroatoms. The zero-order valence-corrected chi connectivity index (χ0v) is 14.8. The standard InChI is InChI=1S/C20H34O2/c1-5-7-15-10-11-18(22)13-19(15)16-8-6-9-17(12-16)20(3,4)14(2)21/h6,9,11,14-17,19,21-22H,5,7-8,10,12-13H2,1-4H3/t14-,15?,16+,17?,19?/m0/s1. The molecule has 0 aliphatic heterocycles. The van der Waals surface area contributed by atoms with Crippen molar-refractivity contribution in [2.45, 2.75) is 72.3 Å². The molecule has 0 spiro atoms. The Morgan fingerprint density at radius 3 is 2.68 bits per heavy atom. The maximum absolute atomic E-state index is 10.1. The summed E-state index contributed by atoms with van der Waals surface area (Å²) in [6.07, 6.45) is 13.0. The van der Waals surface area contributed by atoms with Gasteiger partial charge in [0.15, 0.2) is 0 Å². The normalized spacial score (nSPS) is 34.3. The van der Waals surface area contributed by atoms with Crippen LogP contribution in [0, 0.1) is 29.1 Å². The van der Waals surface area contributed by atoms with Gasteiger partial charge in [-0.1, -0.05) is 45.8 Å². The van der Waals surface area contributed by atoms with Gasteiger partial charge < -0.3 is 10.2 Å². The molecule has 0 radical (unpaired) electrons. The van der Waals surface area contributed by atoms with Crippen molar-refractivity contribution in [3.8, 4) is 0 Å². The number of hydrogen-bond acceptors (Lipinski definition) is 2. The van der Waals surface area contributed by atoms with Crippen LogP contribution in [0.15, 0.2) is 24.0 Å². The van der Waals surface area contributed by atoms with Crippen molar-refractivity contribution < 1.29 is 10.2 Å². The molecule has 0 aromatic carbocycles. The van der Waals surface area contributed by atoms with E-state index >= 15 is 0 Å². The summed E-state index contributed by atoms with van der Waals surface area (Å²) in [6.45, 7) is 8.52. The molecule has 2 N–H and O–H groups in total. The lowest BCUT2D eigenvalue weighted by molar-refractivity contribution is 0.0168. The van der Waals surface area contributed by atoms with E-state index < -0.39 is 0 Å². The minimum Gasteiger partial charge on any atom is -0.513 e. The Morgan fingerprint density at radius 1 is 1.32 bits per heavy atom. The van der Waals surface area contributed by atoms with Crippen molar-refractivity contribution in [1.82, 2.24) is 0 Å². The highest BCUT2D eigenvalue weighted by Crippen LogP contribution is 2.46. The molecule has 0 aromatic heterocycles. The van der Waals surface area contributed by atoms with Gasteiger partial charge in [-0.15, -0.1) is 0 Å². The fraction of sp³-hybridized carbons (Fsp3) is 0.800. The fourth-order valence-corrected chi connectivity index (χ4v) is 4.34. The fourth-order valence-electron chi connectivity index (χ4n) is 4.34. The molecule has 0 aromatic rings. The average molecular weight is 306 g/mol. The van der Waals surface area contributed by atoms with Crippen molar-refractivity contribution in [2.75, 3.05) is 0 Å². The molecule has 0 saturated heterocycles. The molecule has 0 bridgehead atoms. The zero-order chi connectivity index (χ0) is 16.3. The molecule has 126 valence electrons. The second kappa shape index (κ2) is 7.21. The Labute approximate surface area is 136 Å². The summed E-state index contributed by atoms with van der Waals surface area (Å²) in [5.74, 6) is 2.98. The summed E-state index contributed by atoms with van der Waals surface area (Å²) in [5, 5.41) is 20.1. The van der Waals surface area contributed by atoms with Crippen LogP contribution < -0.4 is 0 Å². The van der Waals surface area contributed by atoms with Gasteiger partial charge in [0.05, 0.1) is 11.9 Å². The molecule has 5 atom stereocenters. The summed E-state index contributed by atoms with van der Waals surface area (Å²) in [5.41, 5.74) is -0.0814. The van der Waals surface area contributed by atoms with Crippen LogP contribution in [0.5, 0.6) is 0 Å². The summed E-state index contributed by atoms with van der Waals surface area (Å²) in [6, 6.07) is 0. The molecule has 22 heavy (non-hydrogen) atoms. The molecule has 0 heterocycles. The lowest BCUT2D eigenvalue weighted by Gasteiger charge is -2.43. The van der Waals surface area contributed by atoms with Crippen LogP contribution in [0.25, 0.3) is 0 Å². The van der Waals surface area contributed by atoms with Crippen LogP contribution in [0.4, 0.5) is 0 Å². The Morgan fingerprint density at radius 2 is 2.05 bits per heavy atom. The summed E-state index contributed by atoms with van der Waals surface area (Å²) in [4.78, 5) is 0. The van der Waals surface area contributed by atoms with E-state index in [1.807, 2.05) is 13.0 Å². The first-order valence-electron chi connectivity index (χ1n) is 9.09. The van der Waals surface area contributed by atoms with Crippen molar-refractivity contribution in [3.63, 3.8) is 0 Å². The molecule has 2 nitrogen and oxygen atoms in total. The van der Waals surface area contributed by atoms with Crippen molar-refractivity contribution in [3.05, 3.63) is 24.0 Å². The van der Waals surface area contributed by atoms with E-state index in [1.54, 1.807) is 0 Å². The van der Waals surface area contributed by atoms with Gasteiger partial charge in [0.25, 0.3) is 0 Å². The van der Waals surface area contributed by atoms with E-state index in [0.29, 0.717) is 29.4 Å². The quantitative estimate of drug-likeness (QED) is 0.682. The lowest BCUT2D eigenvalue weighted by atomic mass is 9.63. The first-order valence-corrected chi connectivity index (χ1v) is 9.09. The van der Waals surface area contributed by atoms with Gasteiger partial charge in [0, 0.05) is 6.42 Å². The smallest absolute Gasteiger partial charge is 0.0885 e. The van der Waals surface area contributed by atoms with Crippen molar-refractivity contribution >= 4 is 0 Å². The summed E-state index contributed by atoms with van der Waals surface area (Å²) >= 11 is 0. The molecule has 0 amide bonds. The van der Waals surface area contributed by atoms with Crippen LogP contribution >= 0.6 is 0 Å². The lowest BCUT2D eigenvalue weighted by Crippen LogP contribution is -2.38. The number of allylic oxidation sites excluding steroid dienone is 4. The van der Waals surface area contributed by atoms with Gasteiger partial charge in [0.2, 0.25) is 0 Å². The zero-order valence-electron chi connectivity index (χ0n) is 14.8. The predicted octanol–water partition coefficient (Wildman–Crippen LogP) is 5.24. The van der Waals surface area contributed by atoms with E-state index in [9.17, 15) is 10.2 Å². The second-order valence-corrected chi connectivity index (χ2v) is 8.11. The van der Waals surface area contributed by atoms with Crippen LogP contribution in [-0.2, 0) is 0 Å². The Balaban J connectivity index is 2.12. The largest absolute Gasteiger partial charge is 0.513 e. The van der Waals surface area contributed by atoms with Gasteiger partial charge in [-0.25, -0.2) is 0 Å². The maximum atomic E-state index is 10.1. The number of rotatable bonds is 5. The molecule has 0 fully saturated rings. The highest BCUT2D eigenvalue weighted by Gasteiger charge is 2.39. The van der Waals surface area contributed by atoms with Gasteiger partial charge in [-0.05, 0) is 61.3 Å². The number of aliphatic hydroxyl groups excluding tert-OH is 2. The third-order valence-corrected chi connectivity index (χ3v) is 6.37. The third kappa shape index (κ3) is 3.76. The van der Waals surface area contributed by atoms with Crippen LogP contribution in [0.2, 0.25) is 0 Å². The minimum absolute atomic E-state index is 0.0814. The average Bonchev–Trinajstić information content (AvgIpc) is 2.49. The first kappa shape index (κ1) is 17.6. The molecule has 2 rings (SSSR count). The Hall–Kier alpha value is -0.760. The summed E-state index contributed by atoms with van der Waals surface area (Å²) < 4.78 is 0. The molecular formula is C20H34O2. The Kier molecular flexibility index (Phi) is 5.76. The van der Waals surface area contributed by atoms with Gasteiger partial charge in [-0.3, -0.25) is 0 Å². The maximum Gasteiger partial charge on any atom is 0.0885 e. The first-order chi connectivity index (χ1) is 10.4.